The third kappa shape index (κ3) is 3.54. The number of nitrogens with zero attached hydrogens (tertiary/aromatic N) is 3. The van der Waals surface area contributed by atoms with Gasteiger partial charge in [-0.25, -0.2) is 9.37 Å². The SMILES string of the molecule is O=C(Nc1cccc(-c2cn3c(n2)SCC3)c1)c1cc(-c2ccc(F)cc2)n[nH]1. The fraction of sp³-hybridized carbons (Fsp3) is 0.0952. The van der Waals surface area contributed by atoms with Gasteiger partial charge in [-0.2, -0.15) is 5.10 Å². The van der Waals surface area contributed by atoms with E-state index in [0.717, 1.165) is 34.3 Å². The third-order valence-electron chi connectivity index (χ3n) is 4.68. The van der Waals surface area contributed by atoms with Crippen LogP contribution in [0.25, 0.3) is 22.5 Å². The van der Waals surface area contributed by atoms with E-state index in [4.69, 9.17) is 0 Å². The van der Waals surface area contributed by atoms with E-state index in [1.807, 2.05) is 30.5 Å². The smallest absolute Gasteiger partial charge is 0.273 e. The number of nitrogens with one attached hydrogen (secondary N) is 2. The third-order valence-corrected chi connectivity index (χ3v) is 5.65. The zero-order valence-electron chi connectivity index (χ0n) is 15.2. The second-order valence-electron chi connectivity index (χ2n) is 6.66. The number of carbonyl (C=O) groups is 1. The van der Waals surface area contributed by atoms with E-state index < -0.39 is 0 Å². The lowest BCUT2D eigenvalue weighted by Gasteiger charge is -2.05. The molecule has 29 heavy (non-hydrogen) atoms. The Balaban J connectivity index is 1.34. The predicted molar refractivity (Wildman–Crippen MR) is 110 cm³/mol. The molecule has 8 heteroatoms. The molecule has 144 valence electrons. The largest absolute Gasteiger partial charge is 0.325 e. The highest BCUT2D eigenvalue weighted by atomic mass is 32.2. The van der Waals surface area contributed by atoms with Crippen molar-refractivity contribution in [1.82, 2.24) is 19.7 Å². The highest BCUT2D eigenvalue weighted by molar-refractivity contribution is 7.99. The van der Waals surface area contributed by atoms with E-state index in [-0.39, 0.29) is 11.7 Å². The molecule has 0 saturated heterocycles. The van der Waals surface area contributed by atoms with Crippen LogP contribution in [0, 0.1) is 5.82 Å². The molecule has 0 atom stereocenters. The molecular weight excluding hydrogens is 389 g/mol. The Bertz CT molecular complexity index is 1180. The van der Waals surface area contributed by atoms with Gasteiger partial charge in [0, 0.05) is 35.3 Å². The van der Waals surface area contributed by atoms with E-state index in [1.165, 1.54) is 12.1 Å². The molecule has 1 amide bonds. The van der Waals surface area contributed by atoms with Crippen LogP contribution in [0.1, 0.15) is 10.5 Å². The van der Waals surface area contributed by atoms with Crippen LogP contribution >= 0.6 is 11.8 Å². The summed E-state index contributed by atoms with van der Waals surface area (Å²) in [6, 6.07) is 15.2. The number of halogens is 1. The van der Waals surface area contributed by atoms with E-state index >= 15 is 0 Å². The molecule has 6 nitrogen and oxygen atoms in total. The van der Waals surface area contributed by atoms with Gasteiger partial charge in [0.2, 0.25) is 0 Å². The molecule has 2 N–H and O–H groups in total. The summed E-state index contributed by atoms with van der Waals surface area (Å²) in [5, 5.41) is 10.8. The summed E-state index contributed by atoms with van der Waals surface area (Å²) in [4.78, 5) is 17.3. The van der Waals surface area contributed by atoms with Crippen molar-refractivity contribution in [2.75, 3.05) is 11.1 Å². The lowest BCUT2D eigenvalue weighted by atomic mass is 10.1. The number of carbonyl (C=O) groups excluding carboxylic acids is 1. The number of aryl methyl sites for hydroxylation is 1. The van der Waals surface area contributed by atoms with E-state index in [0.29, 0.717) is 17.1 Å². The monoisotopic (exact) mass is 405 g/mol. The normalized spacial score (nSPS) is 12.7. The van der Waals surface area contributed by atoms with Crippen LogP contribution in [-0.2, 0) is 6.54 Å². The highest BCUT2D eigenvalue weighted by Crippen LogP contribution is 2.30. The van der Waals surface area contributed by atoms with Crippen molar-refractivity contribution in [3.63, 3.8) is 0 Å². The van der Waals surface area contributed by atoms with Gasteiger partial charge in [-0.15, -0.1) is 0 Å². The van der Waals surface area contributed by atoms with Crippen LogP contribution in [-0.4, -0.2) is 31.4 Å². The highest BCUT2D eigenvalue weighted by Gasteiger charge is 2.16. The van der Waals surface area contributed by atoms with E-state index in [2.05, 4.69) is 25.1 Å². The first kappa shape index (κ1) is 17.7. The number of aromatic amines is 1. The molecule has 0 spiro atoms. The van der Waals surface area contributed by atoms with Gasteiger partial charge in [0.15, 0.2) is 5.16 Å². The number of anilines is 1. The minimum Gasteiger partial charge on any atom is -0.325 e. The molecule has 0 bridgehead atoms. The van der Waals surface area contributed by atoms with Gasteiger partial charge in [0.25, 0.3) is 5.91 Å². The maximum Gasteiger partial charge on any atom is 0.273 e. The lowest BCUT2D eigenvalue weighted by molar-refractivity contribution is 0.102. The number of hydrogen-bond acceptors (Lipinski definition) is 4. The summed E-state index contributed by atoms with van der Waals surface area (Å²) < 4.78 is 15.2. The Hall–Kier alpha value is -3.39. The number of fused-ring (bicyclic) bond motifs is 1. The molecule has 0 unspecified atom stereocenters. The number of benzene rings is 2. The number of thioether (sulfide) groups is 1. The van der Waals surface area contributed by atoms with E-state index in [1.54, 1.807) is 30.0 Å². The van der Waals surface area contributed by atoms with Crippen molar-refractivity contribution in [1.29, 1.82) is 0 Å². The number of H-pyrrole nitrogens is 1. The second kappa shape index (κ2) is 7.21. The standard InChI is InChI=1S/C21H16FN5OS/c22-15-6-4-13(5-7-15)17-11-18(26-25-17)20(28)23-16-3-1-2-14(10-16)19-12-27-8-9-29-21(27)24-19/h1-7,10-12H,8-9H2,(H,23,28)(H,25,26). The van der Waals surface area contributed by atoms with Gasteiger partial charge in [-0.1, -0.05) is 23.9 Å². The van der Waals surface area contributed by atoms with Crippen molar-refractivity contribution >= 4 is 23.4 Å². The topological polar surface area (TPSA) is 75.6 Å². The Morgan fingerprint density at radius 1 is 1.10 bits per heavy atom. The molecule has 1 aliphatic heterocycles. The molecule has 0 radical (unpaired) electrons. The molecule has 2 aromatic carbocycles. The van der Waals surface area contributed by atoms with E-state index in [9.17, 15) is 9.18 Å². The maximum atomic E-state index is 13.1. The van der Waals surface area contributed by atoms with Crippen molar-refractivity contribution in [3.8, 4) is 22.5 Å². The lowest BCUT2D eigenvalue weighted by Crippen LogP contribution is -2.12. The Morgan fingerprint density at radius 2 is 1.97 bits per heavy atom. The van der Waals surface area contributed by atoms with Gasteiger partial charge in [-0.05, 0) is 42.5 Å². The zero-order chi connectivity index (χ0) is 19.8. The molecule has 4 aromatic rings. The summed E-state index contributed by atoms with van der Waals surface area (Å²) in [7, 11) is 0. The van der Waals surface area contributed by atoms with Crippen LogP contribution < -0.4 is 5.32 Å². The van der Waals surface area contributed by atoms with Gasteiger partial charge < -0.3 is 9.88 Å². The maximum absolute atomic E-state index is 13.1. The quantitative estimate of drug-likeness (QED) is 0.526. The number of amides is 1. The Morgan fingerprint density at radius 3 is 2.79 bits per heavy atom. The van der Waals surface area contributed by atoms with Crippen LogP contribution in [0.4, 0.5) is 10.1 Å². The summed E-state index contributed by atoms with van der Waals surface area (Å²) in [5.41, 5.74) is 4.15. The number of aromatic nitrogens is 4. The number of rotatable bonds is 4. The van der Waals surface area contributed by atoms with Gasteiger partial charge >= 0.3 is 0 Å². The van der Waals surface area contributed by atoms with Crippen LogP contribution in [0.2, 0.25) is 0 Å². The molecule has 5 rings (SSSR count). The predicted octanol–water partition coefficient (Wildman–Crippen LogP) is 4.44. The average Bonchev–Trinajstić information content (AvgIpc) is 3.45. The molecule has 2 aromatic heterocycles. The zero-order valence-corrected chi connectivity index (χ0v) is 16.0. The Kier molecular flexibility index (Phi) is 4.40. The first-order valence-corrected chi connectivity index (χ1v) is 10.1. The molecule has 0 fully saturated rings. The summed E-state index contributed by atoms with van der Waals surface area (Å²) in [6.45, 7) is 0.972. The minimum atomic E-state index is -0.316. The molecule has 0 aliphatic carbocycles. The van der Waals surface area contributed by atoms with Gasteiger partial charge in [0.1, 0.15) is 11.5 Å². The molecule has 0 saturated carbocycles. The van der Waals surface area contributed by atoms with Crippen LogP contribution in [0.15, 0.2) is 66.0 Å². The van der Waals surface area contributed by atoms with Gasteiger partial charge in [0.05, 0.1) is 11.4 Å². The Labute approximate surface area is 170 Å². The summed E-state index contributed by atoms with van der Waals surface area (Å²) >= 11 is 1.75. The fourth-order valence-electron chi connectivity index (χ4n) is 3.21. The molecular formula is C21H16FN5OS. The van der Waals surface area contributed by atoms with Gasteiger partial charge in [-0.3, -0.25) is 9.89 Å². The van der Waals surface area contributed by atoms with Crippen molar-refractivity contribution in [3.05, 3.63) is 72.3 Å². The van der Waals surface area contributed by atoms with Crippen LogP contribution in [0.3, 0.4) is 0 Å². The van der Waals surface area contributed by atoms with Crippen molar-refractivity contribution < 1.29 is 9.18 Å². The number of imidazole rings is 1. The average molecular weight is 405 g/mol. The van der Waals surface area contributed by atoms with Crippen molar-refractivity contribution in [2.45, 2.75) is 11.7 Å². The van der Waals surface area contributed by atoms with Crippen LogP contribution in [0.5, 0.6) is 0 Å². The first-order valence-electron chi connectivity index (χ1n) is 9.09. The molecule has 3 heterocycles. The molecule has 1 aliphatic rings. The number of hydrogen-bond donors (Lipinski definition) is 2. The summed E-state index contributed by atoms with van der Waals surface area (Å²) in [6.07, 6.45) is 2.04. The van der Waals surface area contributed by atoms with Crippen molar-refractivity contribution in [2.24, 2.45) is 0 Å². The second-order valence-corrected chi connectivity index (χ2v) is 7.72. The fourth-order valence-corrected chi connectivity index (χ4v) is 4.15. The minimum absolute atomic E-state index is 0.300. The first-order chi connectivity index (χ1) is 14.2. The summed E-state index contributed by atoms with van der Waals surface area (Å²) in [5.74, 6) is 0.442.